The summed E-state index contributed by atoms with van der Waals surface area (Å²) in [4.78, 5) is 39.1. The fourth-order valence-corrected chi connectivity index (χ4v) is 4.81. The van der Waals surface area contributed by atoms with E-state index < -0.39 is 29.4 Å². The molecular formula is C23H22N2O5S. The van der Waals surface area contributed by atoms with Gasteiger partial charge >= 0.3 is 5.97 Å². The minimum Gasteiger partial charge on any atom is -0.509 e. The van der Waals surface area contributed by atoms with Gasteiger partial charge < -0.3 is 15.2 Å². The Balaban J connectivity index is 1.42. The van der Waals surface area contributed by atoms with E-state index in [1.54, 1.807) is 6.92 Å². The number of amides is 2. The number of nitrogens with one attached hydrogen (secondary N) is 1. The molecule has 2 aliphatic heterocycles. The van der Waals surface area contributed by atoms with Gasteiger partial charge in [-0.2, -0.15) is 0 Å². The van der Waals surface area contributed by atoms with E-state index in [2.05, 4.69) is 5.32 Å². The minimum absolute atomic E-state index is 0.148. The molecule has 2 aromatic carbocycles. The number of ether oxygens (including phenoxy) is 1. The molecule has 1 fully saturated rings. The van der Waals surface area contributed by atoms with Crippen LogP contribution in [0.25, 0.3) is 0 Å². The van der Waals surface area contributed by atoms with Crippen LogP contribution < -0.4 is 5.32 Å². The summed E-state index contributed by atoms with van der Waals surface area (Å²) in [5, 5.41) is 12.6. The predicted octanol–water partition coefficient (Wildman–Crippen LogP) is 2.70. The fourth-order valence-electron chi connectivity index (χ4n) is 3.61. The maximum absolute atomic E-state index is 12.8. The Morgan fingerprint density at radius 1 is 1.16 bits per heavy atom. The third-order valence-electron chi connectivity index (χ3n) is 5.22. The molecule has 2 aromatic rings. The smallest absolute Gasteiger partial charge is 0.359 e. The van der Waals surface area contributed by atoms with Gasteiger partial charge in [0.05, 0.1) is 12.2 Å². The topological polar surface area (TPSA) is 95.9 Å². The zero-order valence-corrected chi connectivity index (χ0v) is 17.7. The summed E-state index contributed by atoms with van der Waals surface area (Å²) in [5.41, 5.74) is 1.50. The molecule has 4 rings (SSSR count). The average molecular weight is 439 g/mol. The van der Waals surface area contributed by atoms with Crippen molar-refractivity contribution in [2.75, 3.05) is 5.75 Å². The number of aliphatic hydroxyl groups is 1. The normalized spacial score (nSPS) is 21.1. The highest BCUT2D eigenvalue weighted by Gasteiger charge is 2.54. The summed E-state index contributed by atoms with van der Waals surface area (Å²) >= 11 is 1.29. The number of benzene rings is 2. The van der Waals surface area contributed by atoms with E-state index in [1.807, 2.05) is 60.7 Å². The van der Waals surface area contributed by atoms with Crippen LogP contribution in [0, 0.1) is 0 Å². The molecule has 0 aliphatic carbocycles. The lowest BCUT2D eigenvalue weighted by Crippen LogP contribution is -2.70. The summed E-state index contributed by atoms with van der Waals surface area (Å²) in [6.07, 6.45) is -0.383. The highest BCUT2D eigenvalue weighted by atomic mass is 32.2. The molecule has 7 nitrogen and oxygen atoms in total. The van der Waals surface area contributed by atoms with Crippen LogP contribution in [0.5, 0.6) is 0 Å². The Morgan fingerprint density at radius 3 is 2.48 bits per heavy atom. The quantitative estimate of drug-likeness (QED) is 0.532. The number of nitrogens with zero attached hydrogens (tertiary/aromatic N) is 1. The molecule has 1 unspecified atom stereocenters. The molecule has 160 valence electrons. The second-order valence-corrected chi connectivity index (χ2v) is 8.48. The molecule has 2 amide bonds. The fraction of sp³-hybridized carbons (Fsp3) is 0.261. The lowest BCUT2D eigenvalue weighted by atomic mass is 10.0. The highest BCUT2D eigenvalue weighted by molar-refractivity contribution is 8.00. The van der Waals surface area contributed by atoms with Crippen molar-refractivity contribution in [1.82, 2.24) is 10.2 Å². The van der Waals surface area contributed by atoms with E-state index in [4.69, 9.17) is 4.74 Å². The van der Waals surface area contributed by atoms with Crippen molar-refractivity contribution in [3.05, 3.63) is 83.2 Å². The molecule has 8 heteroatoms. The van der Waals surface area contributed by atoms with Gasteiger partial charge in [0.2, 0.25) is 5.91 Å². The number of β-lactam (4-membered cyclic amide) rings is 1. The summed E-state index contributed by atoms with van der Waals surface area (Å²) in [5.74, 6) is -1.52. The second-order valence-electron chi connectivity index (χ2n) is 7.37. The van der Waals surface area contributed by atoms with Crippen molar-refractivity contribution in [2.45, 2.75) is 30.9 Å². The predicted molar refractivity (Wildman–Crippen MR) is 116 cm³/mol. The molecule has 3 atom stereocenters. The number of carbonyl (C=O) groups excluding carboxylic acids is 3. The molecule has 2 aliphatic rings. The van der Waals surface area contributed by atoms with Crippen LogP contribution in [0.15, 0.2) is 72.1 Å². The van der Waals surface area contributed by atoms with Gasteiger partial charge in [-0.1, -0.05) is 60.7 Å². The maximum atomic E-state index is 12.8. The molecule has 2 heterocycles. The van der Waals surface area contributed by atoms with Crippen LogP contribution in [0.4, 0.5) is 0 Å². The summed E-state index contributed by atoms with van der Waals surface area (Å²) < 4.78 is 5.50. The van der Waals surface area contributed by atoms with Gasteiger partial charge in [0.25, 0.3) is 5.91 Å². The average Bonchev–Trinajstić information content (AvgIpc) is 2.78. The summed E-state index contributed by atoms with van der Waals surface area (Å²) in [6.45, 7) is 1.73. The summed E-state index contributed by atoms with van der Waals surface area (Å²) in [7, 11) is 0. The van der Waals surface area contributed by atoms with E-state index >= 15 is 0 Å². The number of carbonyl (C=O) groups is 3. The number of fused-ring (bicyclic) bond motifs is 1. The lowest BCUT2D eigenvalue weighted by Gasteiger charge is -2.48. The Kier molecular flexibility index (Phi) is 5.99. The van der Waals surface area contributed by atoms with Crippen molar-refractivity contribution in [3.8, 4) is 0 Å². The number of rotatable bonds is 6. The molecule has 31 heavy (non-hydrogen) atoms. The van der Waals surface area contributed by atoms with Crippen molar-refractivity contribution in [1.29, 1.82) is 0 Å². The maximum Gasteiger partial charge on any atom is 0.359 e. The van der Waals surface area contributed by atoms with Crippen LogP contribution in [0.2, 0.25) is 0 Å². The van der Waals surface area contributed by atoms with E-state index in [1.165, 1.54) is 16.7 Å². The first-order valence-electron chi connectivity index (χ1n) is 9.91. The first-order chi connectivity index (χ1) is 15.0. The highest BCUT2D eigenvalue weighted by Crippen LogP contribution is 2.40. The van der Waals surface area contributed by atoms with Crippen LogP contribution in [0.1, 0.15) is 24.2 Å². The Bertz CT molecular complexity index is 1020. The standard InChI is InChI=1S/C23H22N2O5S/c1-14(16-10-6-3-7-11-16)30-23(29)20-17(26)13-31-22-19(21(28)25(20)22)24-18(27)12-15-8-4-2-5-9-15/h2-11,14,19,22,26H,12-13H2,1H3,(H,24,27)/t14?,19-,22-/m1/s1. The Hall–Kier alpha value is -3.26. The molecule has 1 saturated heterocycles. The molecule has 2 N–H and O–H groups in total. The molecule has 0 aromatic heterocycles. The zero-order chi connectivity index (χ0) is 22.0. The van der Waals surface area contributed by atoms with Crippen LogP contribution >= 0.6 is 11.8 Å². The van der Waals surface area contributed by atoms with Crippen molar-refractivity contribution in [2.24, 2.45) is 0 Å². The van der Waals surface area contributed by atoms with Crippen molar-refractivity contribution >= 4 is 29.5 Å². The number of hydrogen-bond donors (Lipinski definition) is 2. The van der Waals surface area contributed by atoms with E-state index in [0.717, 1.165) is 11.1 Å². The lowest BCUT2D eigenvalue weighted by molar-refractivity contribution is -0.155. The molecule has 0 bridgehead atoms. The van der Waals surface area contributed by atoms with Gasteiger partial charge in [-0.25, -0.2) is 4.79 Å². The van der Waals surface area contributed by atoms with Crippen molar-refractivity contribution < 1.29 is 24.2 Å². The van der Waals surface area contributed by atoms with Crippen LogP contribution in [-0.2, 0) is 25.5 Å². The third-order valence-corrected chi connectivity index (χ3v) is 6.48. The van der Waals surface area contributed by atoms with Gasteiger partial charge in [0, 0.05) is 0 Å². The number of aliphatic hydroxyl groups excluding tert-OH is 1. The second kappa shape index (κ2) is 8.85. The van der Waals surface area contributed by atoms with Gasteiger partial charge in [-0.3, -0.25) is 14.5 Å². The minimum atomic E-state index is -0.762. The largest absolute Gasteiger partial charge is 0.509 e. The van der Waals surface area contributed by atoms with Gasteiger partial charge in [-0.05, 0) is 18.1 Å². The van der Waals surface area contributed by atoms with Crippen LogP contribution in [0.3, 0.4) is 0 Å². The first-order valence-corrected chi connectivity index (χ1v) is 11.0. The Morgan fingerprint density at radius 2 is 1.81 bits per heavy atom. The SMILES string of the molecule is CC(OC(=O)C1=C(O)CS[C@@H]2[C@H](NC(=O)Cc3ccccc3)C(=O)N12)c1ccccc1. The molecule has 0 radical (unpaired) electrons. The van der Waals surface area contributed by atoms with E-state index in [9.17, 15) is 19.5 Å². The summed E-state index contributed by atoms with van der Waals surface area (Å²) in [6, 6.07) is 17.7. The van der Waals surface area contributed by atoms with E-state index in [0.29, 0.717) is 0 Å². The number of hydrogen-bond acceptors (Lipinski definition) is 6. The van der Waals surface area contributed by atoms with Gasteiger partial charge in [-0.15, -0.1) is 11.8 Å². The monoisotopic (exact) mass is 438 g/mol. The molecule has 0 saturated carbocycles. The van der Waals surface area contributed by atoms with Crippen molar-refractivity contribution in [3.63, 3.8) is 0 Å². The van der Waals surface area contributed by atoms with Gasteiger partial charge in [0.15, 0.2) is 5.70 Å². The first kappa shape index (κ1) is 21.0. The number of thioether (sulfide) groups is 1. The molecular weight excluding hydrogens is 416 g/mol. The molecule has 0 spiro atoms. The van der Waals surface area contributed by atoms with Gasteiger partial charge in [0.1, 0.15) is 23.3 Å². The van der Waals surface area contributed by atoms with E-state index in [-0.39, 0.29) is 29.5 Å². The Labute approximate surface area is 184 Å². The zero-order valence-electron chi connectivity index (χ0n) is 16.9. The third kappa shape index (κ3) is 4.29. The number of esters is 1. The van der Waals surface area contributed by atoms with Crippen LogP contribution in [-0.4, -0.2) is 45.0 Å².